The highest BCUT2D eigenvalue weighted by Gasteiger charge is 2.20. The number of hydrogen-bond acceptors (Lipinski definition) is 6. The third-order valence-electron chi connectivity index (χ3n) is 3.47. The van der Waals surface area contributed by atoms with Crippen LogP contribution in [0, 0.1) is 0 Å². The van der Waals surface area contributed by atoms with Gasteiger partial charge in [0.15, 0.2) is 6.61 Å². The Hall–Kier alpha value is -3.11. The minimum Gasteiger partial charge on any atom is -0.484 e. The molecule has 0 aliphatic carbocycles. The number of hydrogen-bond donors (Lipinski definition) is 2. The van der Waals surface area contributed by atoms with E-state index < -0.39 is 28.4 Å². The SMILES string of the molecule is CS(=O)(=O)N(CC(=O)N/N=C\c1ccc(OCC(N)=O)cc1)c1ccc(Cl)cc1. The number of anilines is 1. The number of halogens is 1. The molecular formula is C18H19ClN4O5S. The minimum absolute atomic E-state index is 0.228. The molecule has 0 bridgehead atoms. The van der Waals surface area contributed by atoms with Gasteiger partial charge in [-0.3, -0.25) is 13.9 Å². The first-order valence-corrected chi connectivity index (χ1v) is 10.4. The van der Waals surface area contributed by atoms with Gasteiger partial charge in [-0.2, -0.15) is 5.10 Å². The van der Waals surface area contributed by atoms with Crippen molar-refractivity contribution >= 4 is 45.3 Å². The summed E-state index contributed by atoms with van der Waals surface area (Å²) in [4.78, 5) is 22.8. The van der Waals surface area contributed by atoms with Gasteiger partial charge in [-0.15, -0.1) is 0 Å². The molecule has 2 aromatic rings. The van der Waals surface area contributed by atoms with Gasteiger partial charge in [0, 0.05) is 5.02 Å². The molecule has 0 unspecified atom stereocenters. The van der Waals surface area contributed by atoms with Crippen LogP contribution in [-0.2, 0) is 19.6 Å². The molecule has 2 rings (SSSR count). The number of carbonyl (C=O) groups excluding carboxylic acids is 2. The first-order valence-electron chi connectivity index (χ1n) is 8.21. The molecular weight excluding hydrogens is 420 g/mol. The minimum atomic E-state index is -3.69. The first kappa shape index (κ1) is 22.2. The molecule has 0 saturated carbocycles. The lowest BCUT2D eigenvalue weighted by Crippen LogP contribution is -2.38. The molecule has 0 aliphatic heterocycles. The third kappa shape index (κ3) is 7.43. The van der Waals surface area contributed by atoms with Crippen LogP contribution in [0.25, 0.3) is 0 Å². The third-order valence-corrected chi connectivity index (χ3v) is 4.86. The average molecular weight is 439 g/mol. The van der Waals surface area contributed by atoms with Gasteiger partial charge >= 0.3 is 0 Å². The molecule has 0 radical (unpaired) electrons. The Labute approximate surface area is 173 Å². The molecule has 0 saturated heterocycles. The van der Waals surface area contributed by atoms with Crippen LogP contribution in [0.15, 0.2) is 53.6 Å². The second-order valence-corrected chi connectivity index (χ2v) is 8.21. The normalized spacial score (nSPS) is 11.2. The van der Waals surface area contributed by atoms with Crippen LogP contribution in [0.1, 0.15) is 5.56 Å². The summed E-state index contributed by atoms with van der Waals surface area (Å²) >= 11 is 5.81. The monoisotopic (exact) mass is 438 g/mol. The molecule has 11 heteroatoms. The quantitative estimate of drug-likeness (QED) is 0.447. The smallest absolute Gasteiger partial charge is 0.260 e. The number of sulfonamides is 1. The van der Waals surface area contributed by atoms with Gasteiger partial charge in [-0.25, -0.2) is 13.8 Å². The van der Waals surface area contributed by atoms with E-state index in [1.165, 1.54) is 30.5 Å². The van der Waals surface area contributed by atoms with Crippen LogP contribution in [0.3, 0.4) is 0 Å². The van der Waals surface area contributed by atoms with E-state index in [4.69, 9.17) is 22.1 Å². The lowest BCUT2D eigenvalue weighted by atomic mass is 10.2. The highest BCUT2D eigenvalue weighted by molar-refractivity contribution is 7.92. The molecule has 2 amide bonds. The van der Waals surface area contributed by atoms with E-state index in [2.05, 4.69) is 10.5 Å². The van der Waals surface area contributed by atoms with Crippen LogP contribution in [0.4, 0.5) is 5.69 Å². The molecule has 0 spiro atoms. The number of nitrogens with zero attached hydrogens (tertiary/aromatic N) is 2. The first-order chi connectivity index (χ1) is 13.6. The zero-order chi connectivity index (χ0) is 21.4. The van der Waals surface area contributed by atoms with Crippen molar-refractivity contribution in [3.05, 3.63) is 59.1 Å². The fraction of sp³-hybridized carbons (Fsp3) is 0.167. The van der Waals surface area contributed by atoms with Crippen LogP contribution >= 0.6 is 11.6 Å². The van der Waals surface area contributed by atoms with Crippen molar-refractivity contribution in [3.63, 3.8) is 0 Å². The van der Waals surface area contributed by atoms with Crippen molar-refractivity contribution < 1.29 is 22.7 Å². The largest absolute Gasteiger partial charge is 0.484 e. The Kier molecular flexibility index (Phi) is 7.57. The van der Waals surface area contributed by atoms with Crippen molar-refractivity contribution in [1.82, 2.24) is 5.43 Å². The number of carbonyl (C=O) groups is 2. The molecule has 0 fully saturated rings. The fourth-order valence-corrected chi connectivity index (χ4v) is 3.14. The molecule has 0 aromatic heterocycles. The summed E-state index contributed by atoms with van der Waals surface area (Å²) in [5, 5.41) is 4.25. The Balaban J connectivity index is 1.96. The van der Waals surface area contributed by atoms with E-state index in [1.807, 2.05) is 0 Å². The van der Waals surface area contributed by atoms with Gasteiger partial charge in [-0.05, 0) is 54.1 Å². The predicted octanol–water partition coefficient (Wildman–Crippen LogP) is 1.12. The molecule has 0 heterocycles. The molecule has 9 nitrogen and oxygen atoms in total. The molecule has 29 heavy (non-hydrogen) atoms. The maximum atomic E-state index is 12.1. The number of primary amides is 1. The number of nitrogens with one attached hydrogen (secondary N) is 1. The van der Waals surface area contributed by atoms with E-state index in [1.54, 1.807) is 24.3 Å². The predicted molar refractivity (Wildman–Crippen MR) is 111 cm³/mol. The zero-order valence-corrected chi connectivity index (χ0v) is 17.0. The van der Waals surface area contributed by atoms with Gasteiger partial charge in [0.25, 0.3) is 11.8 Å². The topological polar surface area (TPSA) is 131 Å². The number of rotatable bonds is 9. The van der Waals surface area contributed by atoms with E-state index >= 15 is 0 Å². The summed E-state index contributed by atoms with van der Waals surface area (Å²) in [6.45, 7) is -0.675. The Morgan fingerprint density at radius 2 is 1.79 bits per heavy atom. The summed E-state index contributed by atoms with van der Waals surface area (Å²) < 4.78 is 30.1. The summed E-state index contributed by atoms with van der Waals surface area (Å²) in [6.07, 6.45) is 2.38. The number of hydrazone groups is 1. The van der Waals surface area contributed by atoms with Gasteiger partial charge in [-0.1, -0.05) is 11.6 Å². The standard InChI is InChI=1S/C18H19ClN4O5S/c1-29(26,27)23(15-6-4-14(19)5-7-15)11-18(25)22-21-10-13-2-8-16(9-3-13)28-12-17(20)24/h2-10H,11-12H2,1H3,(H2,20,24)(H,22,25)/b21-10-. The summed E-state index contributed by atoms with van der Waals surface area (Å²) in [5.41, 5.74) is 8.23. The van der Waals surface area contributed by atoms with Crippen molar-refractivity contribution in [2.75, 3.05) is 23.7 Å². The highest BCUT2D eigenvalue weighted by atomic mass is 35.5. The summed E-state index contributed by atoms with van der Waals surface area (Å²) in [6, 6.07) is 12.6. The van der Waals surface area contributed by atoms with Gasteiger partial charge < -0.3 is 10.5 Å². The van der Waals surface area contributed by atoms with Crippen LogP contribution in [-0.4, -0.2) is 45.9 Å². The number of ether oxygens (including phenoxy) is 1. The van der Waals surface area contributed by atoms with Gasteiger partial charge in [0.05, 0.1) is 18.2 Å². The maximum absolute atomic E-state index is 12.1. The summed E-state index contributed by atoms with van der Waals surface area (Å²) in [5.74, 6) is -0.750. The van der Waals surface area contributed by atoms with E-state index in [0.29, 0.717) is 22.0 Å². The van der Waals surface area contributed by atoms with Crippen molar-refractivity contribution in [2.45, 2.75) is 0 Å². The lowest BCUT2D eigenvalue weighted by Gasteiger charge is -2.21. The van der Waals surface area contributed by atoms with Crippen molar-refractivity contribution in [2.24, 2.45) is 10.8 Å². The van der Waals surface area contributed by atoms with Crippen molar-refractivity contribution in [1.29, 1.82) is 0 Å². The molecule has 0 atom stereocenters. The second kappa shape index (κ2) is 9.89. The number of benzene rings is 2. The lowest BCUT2D eigenvalue weighted by molar-refractivity contribution is -0.120. The van der Waals surface area contributed by atoms with E-state index in [-0.39, 0.29) is 6.61 Å². The van der Waals surface area contributed by atoms with Gasteiger partial charge in [0.2, 0.25) is 10.0 Å². The van der Waals surface area contributed by atoms with Crippen LogP contribution < -0.4 is 20.2 Å². The fourth-order valence-electron chi connectivity index (χ4n) is 2.16. The Bertz CT molecular complexity index is 992. The second-order valence-electron chi connectivity index (χ2n) is 5.86. The maximum Gasteiger partial charge on any atom is 0.260 e. The highest BCUT2D eigenvalue weighted by Crippen LogP contribution is 2.20. The zero-order valence-electron chi connectivity index (χ0n) is 15.4. The van der Waals surface area contributed by atoms with Crippen LogP contribution in [0.2, 0.25) is 5.02 Å². The number of nitrogens with two attached hydrogens (primary N) is 1. The Morgan fingerprint density at radius 1 is 1.17 bits per heavy atom. The van der Waals surface area contributed by atoms with E-state index in [9.17, 15) is 18.0 Å². The molecule has 3 N–H and O–H groups in total. The molecule has 0 aliphatic rings. The van der Waals surface area contributed by atoms with Crippen molar-refractivity contribution in [3.8, 4) is 5.75 Å². The Morgan fingerprint density at radius 3 is 2.34 bits per heavy atom. The molecule has 2 aromatic carbocycles. The number of amides is 2. The van der Waals surface area contributed by atoms with Crippen LogP contribution in [0.5, 0.6) is 5.75 Å². The van der Waals surface area contributed by atoms with E-state index in [0.717, 1.165) is 10.6 Å². The molecule has 154 valence electrons. The summed E-state index contributed by atoms with van der Waals surface area (Å²) in [7, 11) is -3.69. The van der Waals surface area contributed by atoms with Gasteiger partial charge in [0.1, 0.15) is 12.3 Å². The average Bonchev–Trinajstić information content (AvgIpc) is 2.65.